The van der Waals surface area contributed by atoms with Crippen LogP contribution in [0.3, 0.4) is 0 Å². The molecule has 0 aliphatic rings. The molecule has 4 nitrogen and oxygen atoms in total. The van der Waals surface area contributed by atoms with Gasteiger partial charge in [0, 0.05) is 12.2 Å². The molecule has 132 valence electrons. The van der Waals surface area contributed by atoms with Crippen molar-refractivity contribution in [3.63, 3.8) is 0 Å². The van der Waals surface area contributed by atoms with Gasteiger partial charge in [0.1, 0.15) is 5.82 Å². The second kappa shape index (κ2) is 7.78. The first-order valence-electron chi connectivity index (χ1n) is 7.27. The van der Waals surface area contributed by atoms with Gasteiger partial charge >= 0.3 is 18.0 Å². The molecule has 0 spiro atoms. The van der Waals surface area contributed by atoms with Gasteiger partial charge in [-0.1, -0.05) is 18.2 Å². The molecule has 2 N–H and O–H groups in total. The molecule has 0 aliphatic carbocycles. The zero-order chi connectivity index (χ0) is 18.4. The van der Waals surface area contributed by atoms with E-state index in [2.05, 4.69) is 10.6 Å². The van der Waals surface area contributed by atoms with Gasteiger partial charge in [0.15, 0.2) is 0 Å². The smallest absolute Gasteiger partial charge is 0.347 e. The average molecular weight is 354 g/mol. The average Bonchev–Trinajstić information content (AvgIpc) is 2.56. The zero-order valence-corrected chi connectivity index (χ0v) is 12.9. The number of carbonyl (C=O) groups is 2. The van der Waals surface area contributed by atoms with Crippen LogP contribution in [0, 0.1) is 5.82 Å². The molecule has 0 heterocycles. The summed E-state index contributed by atoms with van der Waals surface area (Å²) >= 11 is 0. The van der Waals surface area contributed by atoms with Gasteiger partial charge in [0.05, 0.1) is 5.56 Å². The number of hydrogen-bond acceptors (Lipinski definition) is 2. The molecule has 2 aromatic carbocycles. The molecule has 0 unspecified atom stereocenters. The van der Waals surface area contributed by atoms with Crippen LogP contribution in [-0.4, -0.2) is 18.4 Å². The Morgan fingerprint density at radius 1 is 0.920 bits per heavy atom. The van der Waals surface area contributed by atoms with E-state index in [9.17, 15) is 27.2 Å². The summed E-state index contributed by atoms with van der Waals surface area (Å²) in [6, 6.07) is 9.73. The molecular formula is C17H14F4N2O2. The molecule has 2 rings (SSSR count). The van der Waals surface area contributed by atoms with Crippen molar-refractivity contribution in [2.24, 2.45) is 0 Å². The first kappa shape index (κ1) is 18.4. The van der Waals surface area contributed by atoms with Crippen molar-refractivity contribution < 1.29 is 27.2 Å². The minimum atomic E-state index is -4.48. The van der Waals surface area contributed by atoms with E-state index in [1.54, 1.807) is 12.1 Å². The van der Waals surface area contributed by atoms with E-state index in [4.69, 9.17) is 0 Å². The Labute approximate surface area is 140 Å². The molecule has 25 heavy (non-hydrogen) atoms. The highest BCUT2D eigenvalue weighted by Gasteiger charge is 2.30. The lowest BCUT2D eigenvalue weighted by molar-refractivity contribution is -0.137. The Kier molecular flexibility index (Phi) is 5.74. The predicted molar refractivity (Wildman–Crippen MR) is 83.2 cm³/mol. The number of anilines is 1. The second-order valence-electron chi connectivity index (χ2n) is 5.13. The third kappa shape index (κ3) is 5.30. The van der Waals surface area contributed by atoms with E-state index < -0.39 is 29.4 Å². The van der Waals surface area contributed by atoms with Gasteiger partial charge in [-0.2, -0.15) is 13.2 Å². The van der Waals surface area contributed by atoms with Crippen molar-refractivity contribution in [3.05, 3.63) is 65.5 Å². The highest BCUT2D eigenvalue weighted by Crippen LogP contribution is 2.29. The summed E-state index contributed by atoms with van der Waals surface area (Å²) in [5.74, 6) is -2.39. The first-order valence-corrected chi connectivity index (χ1v) is 7.27. The third-order valence-corrected chi connectivity index (χ3v) is 3.31. The summed E-state index contributed by atoms with van der Waals surface area (Å²) in [4.78, 5) is 23.3. The molecule has 2 amide bonds. The van der Waals surface area contributed by atoms with Crippen LogP contribution in [0.4, 0.5) is 23.2 Å². The summed E-state index contributed by atoms with van der Waals surface area (Å²) in [6.07, 6.45) is -4.28. The molecule has 0 radical (unpaired) electrons. The van der Waals surface area contributed by atoms with Crippen molar-refractivity contribution in [3.8, 4) is 0 Å². The number of benzene rings is 2. The molecule has 2 aromatic rings. The van der Waals surface area contributed by atoms with Crippen molar-refractivity contribution in [1.29, 1.82) is 0 Å². The van der Waals surface area contributed by atoms with Crippen molar-refractivity contribution in [1.82, 2.24) is 5.32 Å². The molecular weight excluding hydrogens is 340 g/mol. The van der Waals surface area contributed by atoms with Crippen LogP contribution in [0.2, 0.25) is 0 Å². The molecule has 0 bridgehead atoms. The van der Waals surface area contributed by atoms with Gasteiger partial charge in [-0.05, 0) is 42.3 Å². The molecule has 0 fully saturated rings. The molecule has 0 atom stereocenters. The van der Waals surface area contributed by atoms with Gasteiger partial charge in [-0.15, -0.1) is 0 Å². The number of halogens is 4. The summed E-state index contributed by atoms with van der Waals surface area (Å²) < 4.78 is 50.7. The van der Waals surface area contributed by atoms with Crippen molar-refractivity contribution in [2.45, 2.75) is 12.6 Å². The van der Waals surface area contributed by atoms with E-state index in [0.717, 1.165) is 24.3 Å². The molecule has 8 heteroatoms. The Morgan fingerprint density at radius 3 is 2.16 bits per heavy atom. The Hall–Kier alpha value is -2.90. The summed E-state index contributed by atoms with van der Waals surface area (Å²) in [6.45, 7) is 0.0419. The normalized spacial score (nSPS) is 11.0. The number of nitrogens with one attached hydrogen (secondary N) is 2. The van der Waals surface area contributed by atoms with E-state index in [0.29, 0.717) is 5.56 Å². The highest BCUT2D eigenvalue weighted by atomic mass is 19.4. The molecule has 0 aromatic heterocycles. The maximum absolute atomic E-state index is 13.4. The summed E-state index contributed by atoms with van der Waals surface area (Å²) in [5.41, 5.74) is -0.409. The minimum absolute atomic E-state index is 0.0419. The van der Waals surface area contributed by atoms with Crippen LogP contribution < -0.4 is 10.6 Å². The zero-order valence-electron chi connectivity index (χ0n) is 12.9. The van der Waals surface area contributed by atoms with Gasteiger partial charge in [0.2, 0.25) is 0 Å². The fraction of sp³-hybridized carbons (Fsp3) is 0.176. The fourth-order valence-electron chi connectivity index (χ4n) is 2.02. The maximum Gasteiger partial charge on any atom is 0.416 e. The van der Waals surface area contributed by atoms with Crippen molar-refractivity contribution >= 4 is 17.5 Å². The number of carbonyl (C=O) groups excluding carboxylic acids is 2. The van der Waals surface area contributed by atoms with E-state index in [-0.39, 0.29) is 18.7 Å². The van der Waals surface area contributed by atoms with E-state index in [1.165, 1.54) is 12.1 Å². The van der Waals surface area contributed by atoms with Crippen LogP contribution in [0.25, 0.3) is 0 Å². The Morgan fingerprint density at radius 2 is 1.56 bits per heavy atom. The van der Waals surface area contributed by atoms with Crippen LogP contribution >= 0.6 is 0 Å². The Bertz CT molecular complexity index is 758. The van der Waals surface area contributed by atoms with Gasteiger partial charge < -0.3 is 10.6 Å². The highest BCUT2D eigenvalue weighted by molar-refractivity contribution is 6.39. The SMILES string of the molecule is O=C(NCCc1ccccc1F)C(=O)Nc1ccc(C(F)(F)F)cc1. The monoisotopic (exact) mass is 354 g/mol. The molecule has 0 saturated carbocycles. The number of rotatable bonds is 4. The summed E-state index contributed by atoms with van der Waals surface area (Å²) in [7, 11) is 0. The largest absolute Gasteiger partial charge is 0.416 e. The topological polar surface area (TPSA) is 58.2 Å². The molecule has 0 aliphatic heterocycles. The van der Waals surface area contributed by atoms with Crippen molar-refractivity contribution in [2.75, 3.05) is 11.9 Å². The standard InChI is InChI=1S/C17H14F4N2O2/c18-14-4-2-1-3-11(14)9-10-22-15(24)16(25)23-13-7-5-12(6-8-13)17(19,20)21/h1-8H,9-10H2,(H,22,24)(H,23,25). The second-order valence-corrected chi connectivity index (χ2v) is 5.13. The quantitative estimate of drug-likeness (QED) is 0.655. The summed E-state index contributed by atoms with van der Waals surface area (Å²) in [5, 5.41) is 4.50. The van der Waals surface area contributed by atoms with Crippen LogP contribution in [0.15, 0.2) is 48.5 Å². The lowest BCUT2D eigenvalue weighted by Gasteiger charge is -2.09. The van der Waals surface area contributed by atoms with Crippen LogP contribution in [0.1, 0.15) is 11.1 Å². The van der Waals surface area contributed by atoms with E-state index in [1.807, 2.05) is 0 Å². The van der Waals surface area contributed by atoms with Crippen LogP contribution in [-0.2, 0) is 22.2 Å². The van der Waals surface area contributed by atoms with Gasteiger partial charge in [-0.3, -0.25) is 9.59 Å². The third-order valence-electron chi connectivity index (χ3n) is 3.31. The molecule has 0 saturated heterocycles. The lowest BCUT2D eigenvalue weighted by Crippen LogP contribution is -2.36. The predicted octanol–water partition coefficient (Wildman–Crippen LogP) is 3.14. The lowest BCUT2D eigenvalue weighted by atomic mass is 10.1. The fourth-order valence-corrected chi connectivity index (χ4v) is 2.02. The number of alkyl halides is 3. The Balaban J connectivity index is 1.84. The maximum atomic E-state index is 13.4. The van der Waals surface area contributed by atoms with Crippen LogP contribution in [0.5, 0.6) is 0 Å². The first-order chi connectivity index (χ1) is 11.8. The van der Waals surface area contributed by atoms with E-state index >= 15 is 0 Å². The van der Waals surface area contributed by atoms with Gasteiger partial charge in [-0.25, -0.2) is 4.39 Å². The number of amides is 2. The minimum Gasteiger partial charge on any atom is -0.347 e. The number of hydrogen-bond donors (Lipinski definition) is 2. The van der Waals surface area contributed by atoms with Gasteiger partial charge in [0.25, 0.3) is 0 Å².